The van der Waals surface area contributed by atoms with Crippen molar-refractivity contribution >= 4 is 11.9 Å². The van der Waals surface area contributed by atoms with Gasteiger partial charge in [-0.15, -0.1) is 0 Å². The molecule has 0 aliphatic carbocycles. The van der Waals surface area contributed by atoms with Crippen LogP contribution >= 0.6 is 0 Å². The van der Waals surface area contributed by atoms with E-state index < -0.39 is 6.61 Å². The molecule has 3 rings (SSSR count). The highest BCUT2D eigenvalue weighted by atomic mass is 19.3. The van der Waals surface area contributed by atoms with Crippen molar-refractivity contribution in [3.63, 3.8) is 0 Å². The van der Waals surface area contributed by atoms with Crippen molar-refractivity contribution in [1.29, 1.82) is 0 Å². The predicted octanol–water partition coefficient (Wildman–Crippen LogP) is 3.96. The number of ether oxygens (including phenoxy) is 4. The first-order valence-electron chi connectivity index (χ1n) is 7.82. The van der Waals surface area contributed by atoms with Gasteiger partial charge in [0.1, 0.15) is 13.2 Å². The molecule has 0 saturated heterocycles. The van der Waals surface area contributed by atoms with E-state index in [0.29, 0.717) is 24.7 Å². The van der Waals surface area contributed by atoms with Crippen LogP contribution in [0.5, 0.6) is 23.0 Å². The number of carbonyl (C=O) groups is 1. The van der Waals surface area contributed by atoms with Gasteiger partial charge in [0.05, 0.1) is 7.11 Å². The average Bonchev–Trinajstić information content (AvgIpc) is 2.65. The lowest BCUT2D eigenvalue weighted by molar-refractivity contribution is -0.0512. The Bertz CT molecular complexity index is 833. The molecule has 7 heteroatoms. The van der Waals surface area contributed by atoms with Crippen LogP contribution in [0.1, 0.15) is 15.9 Å². The van der Waals surface area contributed by atoms with E-state index in [1.165, 1.54) is 31.4 Å². The fourth-order valence-electron chi connectivity index (χ4n) is 2.45. The number of ketones is 1. The maximum atomic E-state index is 12.3. The molecule has 5 nitrogen and oxygen atoms in total. The highest BCUT2D eigenvalue weighted by Gasteiger charge is 2.14. The van der Waals surface area contributed by atoms with Crippen molar-refractivity contribution in [1.82, 2.24) is 0 Å². The molecule has 0 unspecified atom stereocenters. The highest BCUT2D eigenvalue weighted by Crippen LogP contribution is 2.32. The zero-order valence-electron chi connectivity index (χ0n) is 13.9. The quantitative estimate of drug-likeness (QED) is 0.575. The Kier molecular flexibility index (Phi) is 5.36. The predicted molar refractivity (Wildman–Crippen MR) is 90.4 cm³/mol. The van der Waals surface area contributed by atoms with Gasteiger partial charge in [0.15, 0.2) is 28.8 Å². The number of alkyl halides is 2. The maximum Gasteiger partial charge on any atom is 0.387 e. The molecule has 0 amide bonds. The Morgan fingerprint density at radius 1 is 1.08 bits per heavy atom. The summed E-state index contributed by atoms with van der Waals surface area (Å²) in [6.45, 7) is -1.99. The SMILES string of the molecule is COc1cc(C(=O)C=Cc2ccc3c(c2)OCCO3)ccc1OC(F)F. The summed E-state index contributed by atoms with van der Waals surface area (Å²) in [6, 6.07) is 9.38. The second-order valence-corrected chi connectivity index (χ2v) is 5.34. The van der Waals surface area contributed by atoms with Gasteiger partial charge in [-0.3, -0.25) is 4.79 Å². The van der Waals surface area contributed by atoms with Crippen LogP contribution in [0.25, 0.3) is 6.08 Å². The van der Waals surface area contributed by atoms with Crippen LogP contribution in [0.15, 0.2) is 42.5 Å². The van der Waals surface area contributed by atoms with Gasteiger partial charge in [-0.25, -0.2) is 0 Å². The molecule has 0 N–H and O–H groups in total. The van der Waals surface area contributed by atoms with Crippen molar-refractivity contribution in [2.45, 2.75) is 6.61 Å². The summed E-state index contributed by atoms with van der Waals surface area (Å²) in [5.74, 6) is 0.917. The number of hydrogen-bond donors (Lipinski definition) is 0. The van der Waals surface area contributed by atoms with Gasteiger partial charge in [0.2, 0.25) is 0 Å². The lowest BCUT2D eigenvalue weighted by atomic mass is 10.1. The number of allylic oxidation sites excluding steroid dienone is 1. The molecule has 136 valence electrons. The Balaban J connectivity index is 1.76. The molecule has 26 heavy (non-hydrogen) atoms. The molecular formula is C19H16F2O5. The Hall–Kier alpha value is -3.09. The normalized spacial score (nSPS) is 13.1. The molecule has 0 atom stereocenters. The van der Waals surface area contributed by atoms with Crippen molar-refractivity contribution in [2.75, 3.05) is 20.3 Å². The number of hydrogen-bond acceptors (Lipinski definition) is 5. The van der Waals surface area contributed by atoms with Gasteiger partial charge < -0.3 is 18.9 Å². The number of carbonyl (C=O) groups excluding carboxylic acids is 1. The second-order valence-electron chi connectivity index (χ2n) is 5.34. The molecular weight excluding hydrogens is 346 g/mol. The van der Waals surface area contributed by atoms with E-state index in [0.717, 1.165) is 5.56 Å². The van der Waals surface area contributed by atoms with Crippen LogP contribution in [-0.2, 0) is 0 Å². The minimum atomic E-state index is -2.97. The Morgan fingerprint density at radius 3 is 2.58 bits per heavy atom. The second kappa shape index (κ2) is 7.86. The third-order valence-electron chi connectivity index (χ3n) is 3.66. The first-order valence-corrected chi connectivity index (χ1v) is 7.82. The number of rotatable bonds is 6. The molecule has 0 bridgehead atoms. The van der Waals surface area contributed by atoms with E-state index in [1.807, 2.05) is 0 Å². The fraction of sp³-hybridized carbons (Fsp3) is 0.211. The highest BCUT2D eigenvalue weighted by molar-refractivity contribution is 6.07. The van der Waals surface area contributed by atoms with Gasteiger partial charge in [0, 0.05) is 5.56 Å². The Labute approximate surface area is 148 Å². The molecule has 1 aliphatic rings. The summed E-state index contributed by atoms with van der Waals surface area (Å²) < 4.78 is 45.0. The van der Waals surface area contributed by atoms with E-state index in [2.05, 4.69) is 4.74 Å². The monoisotopic (exact) mass is 362 g/mol. The third kappa shape index (κ3) is 4.11. The maximum absolute atomic E-state index is 12.3. The molecule has 0 aromatic heterocycles. The van der Waals surface area contributed by atoms with Crippen LogP contribution in [0.3, 0.4) is 0 Å². The van der Waals surface area contributed by atoms with Gasteiger partial charge in [0.25, 0.3) is 0 Å². The standard InChI is InChI=1S/C19H16F2O5/c1-23-17-11-13(4-7-16(17)26-19(20)21)14(22)5-2-12-3-6-15-18(10-12)25-9-8-24-15/h2-7,10-11,19H,8-9H2,1H3. The van der Waals surface area contributed by atoms with Gasteiger partial charge in [-0.05, 0) is 42.0 Å². The van der Waals surface area contributed by atoms with Crippen molar-refractivity contribution in [3.8, 4) is 23.0 Å². The summed E-state index contributed by atoms with van der Waals surface area (Å²) in [5.41, 5.74) is 1.06. The van der Waals surface area contributed by atoms with Crippen molar-refractivity contribution < 1.29 is 32.5 Å². The third-order valence-corrected chi connectivity index (χ3v) is 3.66. The molecule has 0 fully saturated rings. The van der Waals surface area contributed by atoms with Crippen molar-refractivity contribution in [2.24, 2.45) is 0 Å². The molecule has 2 aromatic carbocycles. The smallest absolute Gasteiger partial charge is 0.387 e. The molecule has 0 radical (unpaired) electrons. The molecule has 2 aromatic rings. The lowest BCUT2D eigenvalue weighted by Crippen LogP contribution is -2.15. The summed E-state index contributed by atoms with van der Waals surface area (Å²) in [4.78, 5) is 12.3. The number of benzene rings is 2. The van der Waals surface area contributed by atoms with Gasteiger partial charge >= 0.3 is 6.61 Å². The van der Waals surface area contributed by atoms with Crippen LogP contribution in [0.2, 0.25) is 0 Å². The first-order chi connectivity index (χ1) is 12.6. The largest absolute Gasteiger partial charge is 0.493 e. The zero-order valence-corrected chi connectivity index (χ0v) is 13.9. The summed E-state index contributed by atoms with van der Waals surface area (Å²) in [5, 5.41) is 0. The van der Waals surface area contributed by atoms with E-state index in [4.69, 9.17) is 14.2 Å². The molecule has 0 saturated carbocycles. The van der Waals surface area contributed by atoms with Crippen LogP contribution in [0.4, 0.5) is 8.78 Å². The van der Waals surface area contributed by atoms with E-state index >= 15 is 0 Å². The van der Waals surface area contributed by atoms with Crippen LogP contribution in [-0.4, -0.2) is 32.7 Å². The molecule has 1 aliphatic heterocycles. The number of fused-ring (bicyclic) bond motifs is 1. The van der Waals surface area contributed by atoms with E-state index in [9.17, 15) is 13.6 Å². The van der Waals surface area contributed by atoms with E-state index in [1.54, 1.807) is 24.3 Å². The van der Waals surface area contributed by atoms with Gasteiger partial charge in [-0.2, -0.15) is 8.78 Å². The number of methoxy groups -OCH3 is 1. The Morgan fingerprint density at radius 2 is 1.85 bits per heavy atom. The van der Waals surface area contributed by atoms with Crippen molar-refractivity contribution in [3.05, 3.63) is 53.6 Å². The summed E-state index contributed by atoms with van der Waals surface area (Å²) in [7, 11) is 1.31. The summed E-state index contributed by atoms with van der Waals surface area (Å²) >= 11 is 0. The molecule has 0 spiro atoms. The van der Waals surface area contributed by atoms with Gasteiger partial charge in [-0.1, -0.05) is 12.1 Å². The fourth-order valence-corrected chi connectivity index (χ4v) is 2.45. The average molecular weight is 362 g/mol. The first kappa shape index (κ1) is 17.7. The van der Waals surface area contributed by atoms with Crippen LogP contribution < -0.4 is 18.9 Å². The number of halogens is 2. The minimum Gasteiger partial charge on any atom is -0.493 e. The van der Waals surface area contributed by atoms with E-state index in [-0.39, 0.29) is 22.8 Å². The minimum absolute atomic E-state index is 0.0591. The van der Waals surface area contributed by atoms with Crippen LogP contribution in [0, 0.1) is 0 Å². The topological polar surface area (TPSA) is 54.0 Å². The zero-order chi connectivity index (χ0) is 18.5. The lowest BCUT2D eigenvalue weighted by Gasteiger charge is -2.18. The summed E-state index contributed by atoms with van der Waals surface area (Å²) in [6.07, 6.45) is 3.02. The molecule has 1 heterocycles.